The van der Waals surface area contributed by atoms with E-state index in [0.717, 1.165) is 67.2 Å². The number of methoxy groups -OCH3 is 2. The molecule has 0 atom stereocenters. The first-order valence-corrected chi connectivity index (χ1v) is 18.8. The van der Waals surface area contributed by atoms with Gasteiger partial charge in [0.25, 0.3) is 0 Å². The minimum Gasteiger partial charge on any atom is -0.497 e. The summed E-state index contributed by atoms with van der Waals surface area (Å²) in [4.78, 5) is 4.81. The molecule has 54 heavy (non-hydrogen) atoms. The summed E-state index contributed by atoms with van der Waals surface area (Å²) >= 11 is 0. The molecule has 0 spiro atoms. The van der Waals surface area contributed by atoms with Gasteiger partial charge < -0.3 is 19.3 Å². The van der Waals surface area contributed by atoms with E-state index in [1.807, 2.05) is 0 Å². The molecule has 0 bridgehead atoms. The molecule has 0 aliphatic carbocycles. The van der Waals surface area contributed by atoms with E-state index in [9.17, 15) is 0 Å². The predicted octanol–water partition coefficient (Wildman–Crippen LogP) is 14.2. The number of ether oxygens (including phenoxy) is 2. The lowest BCUT2D eigenvalue weighted by Crippen LogP contribution is -2.16. The van der Waals surface area contributed by atoms with Gasteiger partial charge in [-0.2, -0.15) is 0 Å². The fraction of sp³-hybridized carbons (Fsp3) is 0.240. The maximum atomic E-state index is 5.96. The van der Waals surface area contributed by atoms with Crippen LogP contribution in [0.3, 0.4) is 0 Å². The third-order valence-corrected chi connectivity index (χ3v) is 10.5. The molecular weight excluding hydrogens is 661 g/mol. The van der Waals surface area contributed by atoms with Crippen molar-refractivity contribution in [3.63, 3.8) is 0 Å². The monoisotopic (exact) mass is 712 g/mol. The van der Waals surface area contributed by atoms with Gasteiger partial charge in [0, 0.05) is 44.3 Å². The first-order valence-electron chi connectivity index (χ1n) is 18.8. The number of hydrogen-bond donors (Lipinski definition) is 0. The van der Waals surface area contributed by atoms with Gasteiger partial charge in [-0.1, -0.05) is 101 Å². The number of aryl methyl sites for hydroxylation is 2. The van der Waals surface area contributed by atoms with Crippen LogP contribution in [0, 0.1) is 13.8 Å². The Labute approximate surface area is 321 Å². The summed E-state index contributed by atoms with van der Waals surface area (Å²) in [6.07, 6.45) is 0. The van der Waals surface area contributed by atoms with Crippen LogP contribution in [0.5, 0.6) is 11.5 Å². The van der Waals surface area contributed by atoms with E-state index in [-0.39, 0.29) is 10.8 Å². The predicted molar refractivity (Wildman–Crippen MR) is 231 cm³/mol. The van der Waals surface area contributed by atoms with Crippen molar-refractivity contribution < 1.29 is 9.47 Å². The highest BCUT2D eigenvalue weighted by Gasteiger charge is 2.27. The highest BCUT2D eigenvalue weighted by molar-refractivity contribution is 6.23. The van der Waals surface area contributed by atoms with E-state index in [1.165, 1.54) is 22.3 Å². The van der Waals surface area contributed by atoms with Crippen LogP contribution in [0.15, 0.2) is 133 Å². The Bertz CT molecular complexity index is 2240. The molecule has 4 heteroatoms. The van der Waals surface area contributed by atoms with E-state index in [2.05, 4.69) is 199 Å². The van der Waals surface area contributed by atoms with Crippen LogP contribution >= 0.6 is 0 Å². The fourth-order valence-corrected chi connectivity index (χ4v) is 7.30. The molecule has 0 saturated heterocycles. The van der Waals surface area contributed by atoms with Gasteiger partial charge in [-0.15, -0.1) is 0 Å². The van der Waals surface area contributed by atoms with Crippen LogP contribution < -0.4 is 19.3 Å². The molecule has 0 amide bonds. The molecule has 0 unspecified atom stereocenters. The van der Waals surface area contributed by atoms with Crippen molar-refractivity contribution in [1.29, 1.82) is 0 Å². The lowest BCUT2D eigenvalue weighted by atomic mass is 9.87. The Morgan fingerprint density at radius 1 is 0.370 bits per heavy atom. The smallest absolute Gasteiger partial charge is 0.119 e. The van der Waals surface area contributed by atoms with Crippen molar-refractivity contribution in [2.24, 2.45) is 0 Å². The Kier molecular flexibility index (Phi) is 9.66. The Balaban J connectivity index is 1.63. The topological polar surface area (TPSA) is 24.9 Å². The van der Waals surface area contributed by atoms with Crippen molar-refractivity contribution in [2.45, 2.75) is 66.2 Å². The minimum absolute atomic E-state index is 0.0305. The number of fused-ring (bicyclic) bond motifs is 2. The maximum absolute atomic E-state index is 5.96. The average Bonchev–Trinajstić information content (AvgIpc) is 3.16. The van der Waals surface area contributed by atoms with Gasteiger partial charge in [-0.05, 0) is 121 Å². The number of hydrogen-bond acceptors (Lipinski definition) is 4. The van der Waals surface area contributed by atoms with E-state index >= 15 is 0 Å². The third-order valence-electron chi connectivity index (χ3n) is 10.5. The average molecular weight is 713 g/mol. The molecule has 0 saturated carbocycles. The Morgan fingerprint density at radius 2 is 0.667 bits per heavy atom. The number of benzene rings is 7. The van der Waals surface area contributed by atoms with Gasteiger partial charge in [-0.25, -0.2) is 0 Å². The quantitative estimate of drug-likeness (QED) is 0.116. The number of rotatable bonds is 8. The van der Waals surface area contributed by atoms with E-state index in [0.29, 0.717) is 0 Å². The van der Waals surface area contributed by atoms with Crippen molar-refractivity contribution >= 4 is 55.7 Å². The molecule has 7 aromatic rings. The van der Waals surface area contributed by atoms with Gasteiger partial charge >= 0.3 is 0 Å². The zero-order chi connectivity index (χ0) is 38.4. The normalized spacial score (nSPS) is 11.9. The summed E-state index contributed by atoms with van der Waals surface area (Å²) in [6.45, 7) is 17.8. The van der Waals surface area contributed by atoms with E-state index in [1.54, 1.807) is 14.2 Å². The van der Waals surface area contributed by atoms with Crippen LogP contribution in [0.1, 0.15) is 63.8 Å². The van der Waals surface area contributed by atoms with Crippen molar-refractivity contribution in [3.8, 4) is 11.5 Å². The molecule has 0 fully saturated rings. The lowest BCUT2D eigenvalue weighted by molar-refractivity contribution is 0.415. The minimum atomic E-state index is 0.0305. The summed E-state index contributed by atoms with van der Waals surface area (Å²) in [5.41, 5.74) is 11.5. The molecule has 0 aromatic heterocycles. The lowest BCUT2D eigenvalue weighted by Gasteiger charge is -2.33. The van der Waals surface area contributed by atoms with Crippen molar-refractivity contribution in [1.82, 2.24) is 0 Å². The highest BCUT2D eigenvalue weighted by Crippen LogP contribution is 2.52. The zero-order valence-corrected chi connectivity index (χ0v) is 33.4. The standard InChI is InChI=1S/C50H52N2O2/c1-33-11-19-37(20-12-33)51(39-23-15-35(16-24-39)49(3,4)5)47-43-29-27-42(54-10)32-46(43)48(44-30-28-41(53-9)31-45(44)47)52(38-21-13-34(2)14-22-38)40-25-17-36(18-26-40)50(6,7)8/h11-32H,1-10H3. The second kappa shape index (κ2) is 14.2. The summed E-state index contributed by atoms with van der Waals surface area (Å²) in [5.74, 6) is 1.59. The summed E-state index contributed by atoms with van der Waals surface area (Å²) in [7, 11) is 3.48. The van der Waals surface area contributed by atoms with Crippen LogP contribution in [0.25, 0.3) is 21.5 Å². The van der Waals surface area contributed by atoms with Crippen LogP contribution in [0.2, 0.25) is 0 Å². The third kappa shape index (κ3) is 7.01. The molecule has 7 aromatic carbocycles. The molecule has 7 rings (SSSR count). The second-order valence-electron chi connectivity index (χ2n) is 16.5. The molecule has 4 nitrogen and oxygen atoms in total. The summed E-state index contributed by atoms with van der Waals surface area (Å²) in [5, 5.41) is 4.34. The molecule has 0 heterocycles. The van der Waals surface area contributed by atoms with Gasteiger partial charge in [-0.3, -0.25) is 0 Å². The Hall–Kier alpha value is -5.74. The molecule has 0 radical (unpaired) electrons. The SMILES string of the molecule is COc1ccc2c(N(c3ccc(C)cc3)c3ccc(C(C)(C)C)cc3)c3cc(OC)ccc3c(N(c3ccc(C)cc3)c3ccc(C(C)(C)C)cc3)c2c1. The zero-order valence-electron chi connectivity index (χ0n) is 33.4. The van der Waals surface area contributed by atoms with Crippen molar-refractivity contribution in [3.05, 3.63) is 156 Å². The Morgan fingerprint density at radius 3 is 0.944 bits per heavy atom. The van der Waals surface area contributed by atoms with Crippen LogP contribution in [-0.2, 0) is 10.8 Å². The van der Waals surface area contributed by atoms with E-state index in [4.69, 9.17) is 9.47 Å². The molecule has 274 valence electrons. The number of anilines is 6. The van der Waals surface area contributed by atoms with Crippen LogP contribution in [0.4, 0.5) is 34.1 Å². The highest BCUT2D eigenvalue weighted by atomic mass is 16.5. The first-order chi connectivity index (χ1) is 25.8. The molecular formula is C50H52N2O2. The van der Waals surface area contributed by atoms with Gasteiger partial charge in [0.1, 0.15) is 11.5 Å². The van der Waals surface area contributed by atoms with Gasteiger partial charge in [0.15, 0.2) is 0 Å². The molecule has 0 N–H and O–H groups in total. The fourth-order valence-electron chi connectivity index (χ4n) is 7.30. The van der Waals surface area contributed by atoms with E-state index < -0.39 is 0 Å². The molecule has 0 aliphatic rings. The summed E-state index contributed by atoms with van der Waals surface area (Å²) in [6, 6.07) is 48.7. The summed E-state index contributed by atoms with van der Waals surface area (Å²) < 4.78 is 11.9. The largest absolute Gasteiger partial charge is 0.497 e. The second-order valence-corrected chi connectivity index (χ2v) is 16.5. The van der Waals surface area contributed by atoms with Gasteiger partial charge in [0.2, 0.25) is 0 Å². The maximum Gasteiger partial charge on any atom is 0.119 e. The van der Waals surface area contributed by atoms with Gasteiger partial charge in [0.05, 0.1) is 25.6 Å². The molecule has 0 aliphatic heterocycles. The van der Waals surface area contributed by atoms with Crippen LogP contribution in [-0.4, -0.2) is 14.2 Å². The van der Waals surface area contributed by atoms with Crippen molar-refractivity contribution in [2.75, 3.05) is 24.0 Å². The first kappa shape index (κ1) is 36.6. The number of nitrogens with zero attached hydrogens (tertiary/aromatic N) is 2.